The van der Waals surface area contributed by atoms with E-state index in [9.17, 15) is 14.0 Å². The fourth-order valence-corrected chi connectivity index (χ4v) is 2.86. The molecule has 1 saturated heterocycles. The van der Waals surface area contributed by atoms with Crippen LogP contribution in [-0.2, 0) is 0 Å². The van der Waals surface area contributed by atoms with Gasteiger partial charge >= 0.3 is 6.03 Å². The first-order chi connectivity index (χ1) is 11.9. The second-order valence-electron chi connectivity index (χ2n) is 6.04. The molecule has 0 radical (unpaired) electrons. The monoisotopic (exact) mass is 345 g/mol. The molecule has 3 rings (SSSR count). The molecular formula is C18H20FN3O3. The largest absolute Gasteiger partial charge is 0.466 e. The highest BCUT2D eigenvalue weighted by atomic mass is 19.1. The fourth-order valence-electron chi connectivity index (χ4n) is 2.86. The van der Waals surface area contributed by atoms with Gasteiger partial charge in [-0.3, -0.25) is 4.79 Å². The van der Waals surface area contributed by atoms with Crippen molar-refractivity contribution in [3.05, 3.63) is 53.2 Å². The first-order valence-corrected chi connectivity index (χ1v) is 8.12. The lowest BCUT2D eigenvalue weighted by Gasteiger charge is -2.34. The highest BCUT2D eigenvalue weighted by molar-refractivity contribution is 5.95. The molecule has 25 heavy (non-hydrogen) atoms. The number of furan rings is 1. The van der Waals surface area contributed by atoms with Gasteiger partial charge in [0, 0.05) is 31.9 Å². The number of carbonyl (C=O) groups is 2. The van der Waals surface area contributed by atoms with Crippen LogP contribution in [0.15, 0.2) is 34.7 Å². The second kappa shape index (κ2) is 6.96. The Morgan fingerprint density at radius 2 is 1.64 bits per heavy atom. The SMILES string of the molecule is Cc1cc(C(=O)N2CCN(C(=O)Nc3ccc(F)cc3)CC2)c(C)o1. The zero-order valence-corrected chi connectivity index (χ0v) is 14.2. The Hall–Kier alpha value is -2.83. The van der Waals surface area contributed by atoms with Crippen LogP contribution in [0.4, 0.5) is 14.9 Å². The minimum absolute atomic E-state index is 0.0760. The molecule has 1 aromatic carbocycles. The molecular weight excluding hydrogens is 325 g/mol. The average Bonchev–Trinajstić information content (AvgIpc) is 2.94. The Morgan fingerprint density at radius 3 is 2.20 bits per heavy atom. The zero-order chi connectivity index (χ0) is 18.0. The highest BCUT2D eigenvalue weighted by Gasteiger charge is 2.26. The molecule has 0 spiro atoms. The number of halogens is 1. The van der Waals surface area contributed by atoms with Gasteiger partial charge in [0.05, 0.1) is 5.56 Å². The van der Waals surface area contributed by atoms with Crippen LogP contribution in [0, 0.1) is 19.7 Å². The number of amides is 3. The van der Waals surface area contributed by atoms with Crippen molar-refractivity contribution in [2.45, 2.75) is 13.8 Å². The summed E-state index contributed by atoms with van der Waals surface area (Å²) in [5.41, 5.74) is 1.11. The summed E-state index contributed by atoms with van der Waals surface area (Å²) in [5.74, 6) is 0.889. The molecule has 0 saturated carbocycles. The van der Waals surface area contributed by atoms with E-state index >= 15 is 0 Å². The van der Waals surface area contributed by atoms with E-state index in [1.54, 1.807) is 22.8 Å². The van der Waals surface area contributed by atoms with Crippen molar-refractivity contribution >= 4 is 17.6 Å². The van der Waals surface area contributed by atoms with Crippen LogP contribution in [0.3, 0.4) is 0 Å². The normalized spacial score (nSPS) is 14.5. The van der Waals surface area contributed by atoms with Gasteiger partial charge in [-0.1, -0.05) is 0 Å². The van der Waals surface area contributed by atoms with E-state index < -0.39 is 0 Å². The summed E-state index contributed by atoms with van der Waals surface area (Å²) in [5, 5.41) is 2.73. The van der Waals surface area contributed by atoms with Crippen LogP contribution in [-0.4, -0.2) is 47.9 Å². The average molecular weight is 345 g/mol. The maximum Gasteiger partial charge on any atom is 0.321 e. The molecule has 3 amide bonds. The van der Waals surface area contributed by atoms with Gasteiger partial charge in [-0.25, -0.2) is 9.18 Å². The van der Waals surface area contributed by atoms with Crippen LogP contribution in [0.5, 0.6) is 0 Å². The molecule has 1 aliphatic rings. The summed E-state index contributed by atoms with van der Waals surface area (Å²) in [6.45, 7) is 5.37. The molecule has 6 nitrogen and oxygen atoms in total. The minimum Gasteiger partial charge on any atom is -0.466 e. The van der Waals surface area contributed by atoms with E-state index in [0.29, 0.717) is 49.0 Å². The van der Waals surface area contributed by atoms with E-state index in [4.69, 9.17) is 4.42 Å². The van der Waals surface area contributed by atoms with Crippen LogP contribution in [0.1, 0.15) is 21.9 Å². The van der Waals surface area contributed by atoms with Crippen molar-refractivity contribution in [2.24, 2.45) is 0 Å². The van der Waals surface area contributed by atoms with Crippen molar-refractivity contribution < 1.29 is 18.4 Å². The molecule has 7 heteroatoms. The molecule has 2 heterocycles. The molecule has 1 aromatic heterocycles. The van der Waals surface area contributed by atoms with Gasteiger partial charge in [-0.2, -0.15) is 0 Å². The van der Waals surface area contributed by atoms with Crippen molar-refractivity contribution in [3.63, 3.8) is 0 Å². The summed E-state index contributed by atoms with van der Waals surface area (Å²) in [7, 11) is 0. The molecule has 1 aliphatic heterocycles. The molecule has 132 valence electrons. The summed E-state index contributed by atoms with van der Waals surface area (Å²) in [6, 6.07) is 7.09. The third-order valence-corrected chi connectivity index (χ3v) is 4.22. The quantitative estimate of drug-likeness (QED) is 0.910. The van der Waals surface area contributed by atoms with Gasteiger partial charge in [0.25, 0.3) is 5.91 Å². The van der Waals surface area contributed by atoms with E-state index in [0.717, 1.165) is 0 Å². The summed E-state index contributed by atoms with van der Waals surface area (Å²) >= 11 is 0. The van der Waals surface area contributed by atoms with Crippen LogP contribution >= 0.6 is 0 Å². The lowest BCUT2D eigenvalue weighted by atomic mass is 10.2. The Balaban J connectivity index is 1.56. The van der Waals surface area contributed by atoms with Crippen molar-refractivity contribution in [2.75, 3.05) is 31.5 Å². The number of rotatable bonds is 2. The summed E-state index contributed by atoms with van der Waals surface area (Å²) in [4.78, 5) is 28.2. The number of hydrogen-bond acceptors (Lipinski definition) is 3. The highest BCUT2D eigenvalue weighted by Crippen LogP contribution is 2.17. The van der Waals surface area contributed by atoms with Gasteiger partial charge in [0.15, 0.2) is 0 Å². The van der Waals surface area contributed by atoms with E-state index in [2.05, 4.69) is 5.32 Å². The Morgan fingerprint density at radius 1 is 1.04 bits per heavy atom. The molecule has 0 aliphatic carbocycles. The predicted octanol–water partition coefficient (Wildman–Crippen LogP) is 3.03. The number of anilines is 1. The number of carbonyl (C=O) groups excluding carboxylic acids is 2. The fraction of sp³-hybridized carbons (Fsp3) is 0.333. The zero-order valence-electron chi connectivity index (χ0n) is 14.2. The van der Waals surface area contributed by atoms with E-state index in [1.165, 1.54) is 24.3 Å². The van der Waals surface area contributed by atoms with Crippen LogP contribution in [0.2, 0.25) is 0 Å². The number of hydrogen-bond donors (Lipinski definition) is 1. The van der Waals surface area contributed by atoms with Crippen LogP contribution < -0.4 is 5.32 Å². The molecule has 0 unspecified atom stereocenters. The Kier molecular flexibility index (Phi) is 4.74. The third-order valence-electron chi connectivity index (χ3n) is 4.22. The first kappa shape index (κ1) is 17.0. The summed E-state index contributed by atoms with van der Waals surface area (Å²) < 4.78 is 18.3. The molecule has 0 bridgehead atoms. The maximum atomic E-state index is 12.9. The van der Waals surface area contributed by atoms with Crippen molar-refractivity contribution in [1.82, 2.24) is 9.80 Å². The van der Waals surface area contributed by atoms with Crippen molar-refractivity contribution in [1.29, 1.82) is 0 Å². The van der Waals surface area contributed by atoms with Gasteiger partial charge in [-0.15, -0.1) is 0 Å². The maximum absolute atomic E-state index is 12.9. The second-order valence-corrected chi connectivity index (χ2v) is 6.04. The Bertz CT molecular complexity index is 777. The van der Waals surface area contributed by atoms with Gasteiger partial charge in [-0.05, 0) is 44.2 Å². The smallest absolute Gasteiger partial charge is 0.321 e. The topological polar surface area (TPSA) is 65.8 Å². The lowest BCUT2D eigenvalue weighted by Crippen LogP contribution is -2.51. The minimum atomic E-state index is -0.352. The van der Waals surface area contributed by atoms with Crippen molar-refractivity contribution in [3.8, 4) is 0 Å². The number of aryl methyl sites for hydroxylation is 2. The lowest BCUT2D eigenvalue weighted by molar-refractivity contribution is 0.0670. The number of nitrogens with zero attached hydrogens (tertiary/aromatic N) is 2. The van der Waals surface area contributed by atoms with E-state index in [-0.39, 0.29) is 17.8 Å². The van der Waals surface area contributed by atoms with E-state index in [1.807, 2.05) is 6.92 Å². The standard InChI is InChI=1S/C18H20FN3O3/c1-12-11-16(13(2)25-12)17(23)21-7-9-22(10-8-21)18(24)20-15-5-3-14(19)4-6-15/h3-6,11H,7-10H2,1-2H3,(H,20,24). The van der Waals surface area contributed by atoms with Gasteiger partial charge in [0.1, 0.15) is 17.3 Å². The van der Waals surface area contributed by atoms with Crippen LogP contribution in [0.25, 0.3) is 0 Å². The molecule has 0 atom stereocenters. The summed E-state index contributed by atoms with van der Waals surface area (Å²) in [6.07, 6.45) is 0. The number of nitrogens with one attached hydrogen (secondary N) is 1. The third kappa shape index (κ3) is 3.81. The number of piperazine rings is 1. The van der Waals surface area contributed by atoms with Gasteiger partial charge in [0.2, 0.25) is 0 Å². The molecule has 1 fully saturated rings. The molecule has 1 N–H and O–H groups in total. The predicted molar refractivity (Wildman–Crippen MR) is 91.1 cm³/mol. The number of urea groups is 1. The Labute approximate surface area is 145 Å². The first-order valence-electron chi connectivity index (χ1n) is 8.12. The van der Waals surface area contributed by atoms with Gasteiger partial charge < -0.3 is 19.5 Å². The molecule has 2 aromatic rings. The number of benzene rings is 1.